The standard InChI is InChI=1S/C23H26N2O4/c1-28-14-13-25-21(17-7-3-2-4-8-17)20(23(27)24-11-15-29-16-12-24)18-9-5-6-10-19(18)22(25)26/h2-10,20-21H,11-16H2,1H3/t20-,21+/m0/s1. The molecule has 0 radical (unpaired) electrons. The molecular weight excluding hydrogens is 368 g/mol. The molecule has 2 aromatic rings. The van der Waals surface area contributed by atoms with Crippen LogP contribution in [0.5, 0.6) is 0 Å². The predicted octanol–water partition coefficient (Wildman–Crippen LogP) is 2.47. The summed E-state index contributed by atoms with van der Waals surface area (Å²) in [4.78, 5) is 30.8. The molecule has 2 aromatic carbocycles. The Morgan fingerprint density at radius 2 is 1.76 bits per heavy atom. The van der Waals surface area contributed by atoms with Crippen LogP contribution in [0.25, 0.3) is 0 Å². The van der Waals surface area contributed by atoms with E-state index in [0.29, 0.717) is 45.0 Å². The number of benzene rings is 2. The number of nitrogens with zero attached hydrogens (tertiary/aromatic N) is 2. The highest BCUT2D eigenvalue weighted by Crippen LogP contribution is 2.43. The Bertz CT molecular complexity index is 864. The Kier molecular flexibility index (Phi) is 5.92. The number of methoxy groups -OCH3 is 1. The number of rotatable bonds is 5. The van der Waals surface area contributed by atoms with Crippen molar-refractivity contribution in [2.45, 2.75) is 12.0 Å². The van der Waals surface area contributed by atoms with Gasteiger partial charge in [0.2, 0.25) is 5.91 Å². The van der Waals surface area contributed by atoms with Gasteiger partial charge in [-0.1, -0.05) is 48.5 Å². The van der Waals surface area contributed by atoms with Crippen molar-refractivity contribution in [1.82, 2.24) is 9.80 Å². The third kappa shape index (κ3) is 3.78. The number of hydrogen-bond donors (Lipinski definition) is 0. The lowest BCUT2D eigenvalue weighted by Crippen LogP contribution is -2.51. The van der Waals surface area contributed by atoms with Crippen molar-refractivity contribution in [2.75, 3.05) is 46.6 Å². The normalized spacial score (nSPS) is 21.8. The van der Waals surface area contributed by atoms with E-state index in [0.717, 1.165) is 11.1 Å². The molecule has 0 unspecified atom stereocenters. The van der Waals surface area contributed by atoms with Crippen molar-refractivity contribution >= 4 is 11.8 Å². The van der Waals surface area contributed by atoms with E-state index in [-0.39, 0.29) is 17.9 Å². The van der Waals surface area contributed by atoms with E-state index in [1.54, 1.807) is 12.0 Å². The summed E-state index contributed by atoms with van der Waals surface area (Å²) in [6.45, 7) is 3.08. The quantitative estimate of drug-likeness (QED) is 0.782. The van der Waals surface area contributed by atoms with Crippen LogP contribution in [0.15, 0.2) is 54.6 Å². The van der Waals surface area contributed by atoms with E-state index in [9.17, 15) is 9.59 Å². The van der Waals surface area contributed by atoms with Crippen LogP contribution in [-0.2, 0) is 14.3 Å². The van der Waals surface area contributed by atoms with E-state index in [4.69, 9.17) is 9.47 Å². The van der Waals surface area contributed by atoms with Gasteiger partial charge in [0.25, 0.3) is 5.91 Å². The second-order valence-electron chi connectivity index (χ2n) is 7.35. The highest BCUT2D eigenvalue weighted by Gasteiger charge is 2.45. The molecule has 1 saturated heterocycles. The van der Waals surface area contributed by atoms with Crippen LogP contribution in [0.3, 0.4) is 0 Å². The van der Waals surface area contributed by atoms with Gasteiger partial charge in [0.15, 0.2) is 0 Å². The maximum Gasteiger partial charge on any atom is 0.254 e. The SMILES string of the molecule is COCCN1C(=O)c2ccccc2[C@H](C(=O)N2CCOCC2)[C@H]1c1ccccc1. The molecule has 4 rings (SSSR count). The van der Waals surface area contributed by atoms with Crippen LogP contribution in [0.4, 0.5) is 0 Å². The highest BCUT2D eigenvalue weighted by atomic mass is 16.5. The monoisotopic (exact) mass is 394 g/mol. The van der Waals surface area contributed by atoms with E-state index in [1.807, 2.05) is 59.5 Å². The average Bonchev–Trinajstić information content (AvgIpc) is 2.79. The largest absolute Gasteiger partial charge is 0.383 e. The fraction of sp³-hybridized carbons (Fsp3) is 0.391. The van der Waals surface area contributed by atoms with Crippen molar-refractivity contribution in [1.29, 1.82) is 0 Å². The summed E-state index contributed by atoms with van der Waals surface area (Å²) in [6.07, 6.45) is 0. The number of carbonyl (C=O) groups excluding carboxylic acids is 2. The van der Waals surface area contributed by atoms with Crippen molar-refractivity contribution in [3.63, 3.8) is 0 Å². The van der Waals surface area contributed by atoms with Gasteiger partial charge in [0.1, 0.15) is 0 Å². The molecule has 0 bridgehead atoms. The summed E-state index contributed by atoms with van der Waals surface area (Å²) in [5.41, 5.74) is 2.36. The molecule has 29 heavy (non-hydrogen) atoms. The Hall–Kier alpha value is -2.70. The highest BCUT2D eigenvalue weighted by molar-refractivity contribution is 6.01. The molecule has 0 aromatic heterocycles. The van der Waals surface area contributed by atoms with Gasteiger partial charge < -0.3 is 19.3 Å². The fourth-order valence-corrected chi connectivity index (χ4v) is 4.30. The Labute approximate surface area is 171 Å². The van der Waals surface area contributed by atoms with Gasteiger partial charge in [-0.15, -0.1) is 0 Å². The summed E-state index contributed by atoms with van der Waals surface area (Å²) in [5.74, 6) is -0.469. The molecular formula is C23H26N2O4. The zero-order valence-electron chi connectivity index (χ0n) is 16.6. The average molecular weight is 394 g/mol. The first-order valence-corrected chi connectivity index (χ1v) is 10.0. The smallest absolute Gasteiger partial charge is 0.254 e. The van der Waals surface area contributed by atoms with Crippen LogP contribution in [0.2, 0.25) is 0 Å². The fourth-order valence-electron chi connectivity index (χ4n) is 4.30. The summed E-state index contributed by atoms with van der Waals surface area (Å²) in [6, 6.07) is 16.9. The summed E-state index contributed by atoms with van der Waals surface area (Å²) in [5, 5.41) is 0. The topological polar surface area (TPSA) is 59.1 Å². The summed E-state index contributed by atoms with van der Waals surface area (Å²) < 4.78 is 10.7. The van der Waals surface area contributed by atoms with Gasteiger partial charge in [0.05, 0.1) is 31.8 Å². The van der Waals surface area contributed by atoms with E-state index in [2.05, 4.69) is 0 Å². The summed E-state index contributed by atoms with van der Waals surface area (Å²) >= 11 is 0. The van der Waals surface area contributed by atoms with E-state index >= 15 is 0 Å². The van der Waals surface area contributed by atoms with Gasteiger partial charge in [0, 0.05) is 32.3 Å². The molecule has 0 spiro atoms. The lowest BCUT2D eigenvalue weighted by Gasteiger charge is -2.43. The molecule has 1 fully saturated rings. The first-order chi connectivity index (χ1) is 14.2. The molecule has 0 aliphatic carbocycles. The first-order valence-electron chi connectivity index (χ1n) is 10.0. The maximum atomic E-state index is 13.7. The number of hydrogen-bond acceptors (Lipinski definition) is 4. The Balaban J connectivity index is 1.83. The molecule has 2 heterocycles. The Morgan fingerprint density at radius 1 is 1.07 bits per heavy atom. The number of morpholine rings is 1. The van der Waals surface area contributed by atoms with Crippen molar-refractivity contribution in [3.05, 3.63) is 71.3 Å². The molecule has 6 heteroatoms. The van der Waals surface area contributed by atoms with Crippen LogP contribution >= 0.6 is 0 Å². The predicted molar refractivity (Wildman–Crippen MR) is 109 cm³/mol. The minimum Gasteiger partial charge on any atom is -0.383 e. The third-order valence-corrected chi connectivity index (χ3v) is 5.70. The number of amides is 2. The number of ether oxygens (including phenoxy) is 2. The zero-order valence-corrected chi connectivity index (χ0v) is 16.6. The van der Waals surface area contributed by atoms with Gasteiger partial charge >= 0.3 is 0 Å². The van der Waals surface area contributed by atoms with Gasteiger partial charge in [-0.2, -0.15) is 0 Å². The molecule has 152 valence electrons. The molecule has 0 saturated carbocycles. The molecule has 2 aliphatic rings. The van der Waals surface area contributed by atoms with Crippen molar-refractivity contribution < 1.29 is 19.1 Å². The number of fused-ring (bicyclic) bond motifs is 1. The molecule has 2 atom stereocenters. The van der Waals surface area contributed by atoms with Crippen LogP contribution < -0.4 is 0 Å². The molecule has 2 aliphatic heterocycles. The van der Waals surface area contributed by atoms with Crippen molar-refractivity contribution in [3.8, 4) is 0 Å². The van der Waals surface area contributed by atoms with Crippen LogP contribution in [-0.4, -0.2) is 68.2 Å². The van der Waals surface area contributed by atoms with Crippen LogP contribution in [0, 0.1) is 0 Å². The second-order valence-corrected chi connectivity index (χ2v) is 7.35. The van der Waals surface area contributed by atoms with Gasteiger partial charge in [-0.25, -0.2) is 0 Å². The third-order valence-electron chi connectivity index (χ3n) is 5.70. The Morgan fingerprint density at radius 3 is 2.48 bits per heavy atom. The van der Waals surface area contributed by atoms with Crippen molar-refractivity contribution in [2.24, 2.45) is 0 Å². The van der Waals surface area contributed by atoms with Crippen LogP contribution in [0.1, 0.15) is 33.4 Å². The van der Waals surface area contributed by atoms with E-state index < -0.39 is 5.92 Å². The number of carbonyl (C=O) groups is 2. The molecule has 2 amide bonds. The lowest BCUT2D eigenvalue weighted by molar-refractivity contribution is -0.138. The zero-order chi connectivity index (χ0) is 20.2. The van der Waals surface area contributed by atoms with E-state index in [1.165, 1.54) is 0 Å². The molecule has 0 N–H and O–H groups in total. The lowest BCUT2D eigenvalue weighted by atomic mass is 9.78. The maximum absolute atomic E-state index is 13.7. The summed E-state index contributed by atoms with van der Waals surface area (Å²) in [7, 11) is 1.62. The minimum atomic E-state index is -0.457. The molecule has 6 nitrogen and oxygen atoms in total. The second kappa shape index (κ2) is 8.76. The first kappa shape index (κ1) is 19.6. The minimum absolute atomic E-state index is 0.0459. The van der Waals surface area contributed by atoms with Gasteiger partial charge in [-0.3, -0.25) is 9.59 Å². The van der Waals surface area contributed by atoms with Gasteiger partial charge in [-0.05, 0) is 17.2 Å².